The lowest BCUT2D eigenvalue weighted by atomic mass is 10.3. The van der Waals surface area contributed by atoms with E-state index in [4.69, 9.17) is 0 Å². The van der Waals surface area contributed by atoms with Crippen LogP contribution in [0.3, 0.4) is 0 Å². The predicted octanol–water partition coefficient (Wildman–Crippen LogP) is 2.11. The van der Waals surface area contributed by atoms with Crippen LogP contribution in [0.1, 0.15) is 16.8 Å². The maximum absolute atomic E-state index is 11.5. The molecule has 6 heteroatoms. The molecule has 1 aromatic heterocycles. The van der Waals surface area contributed by atoms with E-state index in [1.807, 2.05) is 18.5 Å². The number of rotatable bonds is 5. The molecule has 1 amide bonds. The first kappa shape index (κ1) is 15.2. The topological polar surface area (TPSA) is 41.1 Å². The van der Waals surface area contributed by atoms with E-state index in [9.17, 15) is 4.79 Å². The monoisotopic (exact) mass is 360 g/mol. The number of hydrogen-bond acceptors (Lipinski definition) is 3. The van der Waals surface area contributed by atoms with E-state index >= 15 is 0 Å². The minimum atomic E-state index is 0. The third kappa shape index (κ3) is 5.70. The molecule has 86 valence electrons. The van der Waals surface area contributed by atoms with Crippen molar-refractivity contribution in [1.82, 2.24) is 10.6 Å². The van der Waals surface area contributed by atoms with Gasteiger partial charge in [-0.2, -0.15) is 0 Å². The van der Waals surface area contributed by atoms with Crippen LogP contribution in [0.5, 0.6) is 0 Å². The van der Waals surface area contributed by atoms with Crippen molar-refractivity contribution in [3.8, 4) is 0 Å². The van der Waals surface area contributed by atoms with Gasteiger partial charge in [-0.25, -0.2) is 0 Å². The van der Waals surface area contributed by atoms with E-state index in [2.05, 4.69) is 33.2 Å². The van der Waals surface area contributed by atoms with Gasteiger partial charge in [0.05, 0.1) is 8.45 Å². The minimum Gasteiger partial charge on any atom is -0.352 e. The van der Waals surface area contributed by atoms with Gasteiger partial charge >= 0.3 is 0 Å². The molecule has 15 heavy (non-hydrogen) atoms. The van der Waals surface area contributed by atoms with Crippen LogP contribution >= 0.6 is 46.3 Å². The van der Waals surface area contributed by atoms with Crippen molar-refractivity contribution in [2.75, 3.05) is 20.1 Å². The van der Waals surface area contributed by atoms with Crippen LogP contribution in [-0.2, 0) is 0 Å². The lowest BCUT2D eigenvalue weighted by molar-refractivity contribution is 0.0953. The molecule has 0 radical (unpaired) electrons. The molecule has 0 aromatic carbocycles. The van der Waals surface area contributed by atoms with Crippen LogP contribution in [0.2, 0.25) is 0 Å². The zero-order valence-corrected chi connectivity index (χ0v) is 12.2. The highest BCUT2D eigenvalue weighted by Crippen LogP contribution is 2.16. The molecule has 0 saturated heterocycles. The fourth-order valence-corrected chi connectivity index (χ4v) is 2.32. The number of nitrogens with one attached hydrogen (secondary N) is 2. The normalized spacial score (nSPS) is 9.47. The third-order valence-electron chi connectivity index (χ3n) is 1.72. The Kier molecular flexibility index (Phi) is 8.40. The summed E-state index contributed by atoms with van der Waals surface area (Å²) in [7, 11) is 1.91. The first-order chi connectivity index (χ1) is 6.74. The zero-order valence-electron chi connectivity index (χ0n) is 8.38. The first-order valence-corrected chi connectivity index (χ1v) is 6.36. The van der Waals surface area contributed by atoms with E-state index in [1.54, 1.807) is 11.3 Å². The van der Waals surface area contributed by atoms with E-state index in [-0.39, 0.29) is 18.3 Å². The van der Waals surface area contributed by atoms with Crippen LogP contribution < -0.4 is 10.6 Å². The standard InChI is InChI=1S/C9H13IN2OS.ClH/c1-11-3-2-4-12-9(13)7-5-8(10)14-6-7;/h5-6,11H,2-4H2,1H3,(H,12,13);1H. The summed E-state index contributed by atoms with van der Waals surface area (Å²) >= 11 is 3.80. The van der Waals surface area contributed by atoms with Crippen LogP contribution in [-0.4, -0.2) is 26.0 Å². The maximum Gasteiger partial charge on any atom is 0.252 e. The maximum atomic E-state index is 11.5. The molecule has 0 aliphatic rings. The fourth-order valence-electron chi connectivity index (χ4n) is 0.998. The molecule has 0 spiro atoms. The van der Waals surface area contributed by atoms with Gasteiger partial charge in [0.25, 0.3) is 5.91 Å². The van der Waals surface area contributed by atoms with Gasteiger partial charge in [0, 0.05) is 11.9 Å². The minimum absolute atomic E-state index is 0. The molecule has 0 aliphatic carbocycles. The highest BCUT2D eigenvalue weighted by molar-refractivity contribution is 14.1. The molecule has 3 nitrogen and oxygen atoms in total. The SMILES string of the molecule is CNCCCNC(=O)c1csc(I)c1.Cl. The van der Waals surface area contributed by atoms with E-state index in [1.165, 1.54) is 0 Å². The van der Waals surface area contributed by atoms with Gasteiger partial charge in [-0.15, -0.1) is 23.7 Å². The van der Waals surface area contributed by atoms with E-state index < -0.39 is 0 Å². The van der Waals surface area contributed by atoms with Crippen molar-refractivity contribution in [3.63, 3.8) is 0 Å². The molecule has 1 heterocycles. The van der Waals surface area contributed by atoms with Crippen molar-refractivity contribution in [3.05, 3.63) is 19.9 Å². The van der Waals surface area contributed by atoms with Crippen LogP contribution in [0, 0.1) is 2.88 Å². The summed E-state index contributed by atoms with van der Waals surface area (Å²) in [6.07, 6.45) is 0.962. The van der Waals surface area contributed by atoms with Crippen LogP contribution in [0.15, 0.2) is 11.4 Å². The summed E-state index contributed by atoms with van der Waals surface area (Å²) in [4.78, 5) is 11.5. The fraction of sp³-hybridized carbons (Fsp3) is 0.444. The lowest BCUT2D eigenvalue weighted by Crippen LogP contribution is -2.26. The molecular weight excluding hydrogens is 347 g/mol. The van der Waals surface area contributed by atoms with E-state index in [0.717, 1.165) is 28.0 Å². The Bertz CT molecular complexity index is 306. The molecule has 0 unspecified atom stereocenters. The number of halogens is 2. The van der Waals surface area contributed by atoms with Gasteiger partial charge in [0.15, 0.2) is 0 Å². The van der Waals surface area contributed by atoms with Crippen molar-refractivity contribution in [2.24, 2.45) is 0 Å². The zero-order chi connectivity index (χ0) is 10.4. The second kappa shape index (κ2) is 8.32. The Hall–Kier alpha value is 0.150. The average Bonchev–Trinajstić information content (AvgIpc) is 2.59. The molecule has 2 N–H and O–H groups in total. The second-order valence-electron chi connectivity index (χ2n) is 2.85. The first-order valence-electron chi connectivity index (χ1n) is 4.41. The number of carbonyl (C=O) groups excluding carboxylic acids is 1. The second-order valence-corrected chi connectivity index (χ2v) is 5.66. The molecule has 1 rings (SSSR count). The Morgan fingerprint density at radius 3 is 2.80 bits per heavy atom. The van der Waals surface area contributed by atoms with Crippen molar-refractivity contribution < 1.29 is 4.79 Å². The van der Waals surface area contributed by atoms with E-state index in [0.29, 0.717) is 0 Å². The molecule has 1 aromatic rings. The van der Waals surface area contributed by atoms with Crippen molar-refractivity contribution >= 4 is 52.2 Å². The number of carbonyl (C=O) groups is 1. The highest BCUT2D eigenvalue weighted by atomic mass is 127. The summed E-state index contributed by atoms with van der Waals surface area (Å²) in [5.74, 6) is 0.0280. The highest BCUT2D eigenvalue weighted by Gasteiger charge is 2.06. The smallest absolute Gasteiger partial charge is 0.252 e. The molecule has 0 aliphatic heterocycles. The van der Waals surface area contributed by atoms with Crippen molar-refractivity contribution in [2.45, 2.75) is 6.42 Å². The van der Waals surface area contributed by atoms with Gasteiger partial charge in [-0.1, -0.05) is 0 Å². The average molecular weight is 361 g/mol. The Morgan fingerprint density at radius 2 is 2.27 bits per heavy atom. The number of hydrogen-bond donors (Lipinski definition) is 2. The molecule has 0 fully saturated rings. The largest absolute Gasteiger partial charge is 0.352 e. The Balaban J connectivity index is 0.00000196. The van der Waals surface area contributed by atoms with Gasteiger partial charge in [-0.3, -0.25) is 4.79 Å². The molecule has 0 atom stereocenters. The Labute approximate surface area is 114 Å². The summed E-state index contributed by atoms with van der Waals surface area (Å²) in [5, 5.41) is 7.79. The van der Waals surface area contributed by atoms with Gasteiger partial charge in [0.1, 0.15) is 0 Å². The molecule has 0 saturated carbocycles. The summed E-state index contributed by atoms with van der Waals surface area (Å²) in [6.45, 7) is 1.66. The molecular formula is C9H14ClIN2OS. The summed E-state index contributed by atoms with van der Waals surface area (Å²) in [5.41, 5.74) is 0.767. The number of amides is 1. The summed E-state index contributed by atoms with van der Waals surface area (Å²) in [6, 6.07) is 1.90. The number of thiophene rings is 1. The lowest BCUT2D eigenvalue weighted by Gasteiger charge is -2.02. The van der Waals surface area contributed by atoms with Gasteiger partial charge in [0.2, 0.25) is 0 Å². The van der Waals surface area contributed by atoms with Crippen LogP contribution in [0.4, 0.5) is 0 Å². The van der Waals surface area contributed by atoms with Gasteiger partial charge < -0.3 is 10.6 Å². The van der Waals surface area contributed by atoms with Gasteiger partial charge in [-0.05, 0) is 48.7 Å². The summed E-state index contributed by atoms with van der Waals surface area (Å²) < 4.78 is 1.14. The van der Waals surface area contributed by atoms with Crippen molar-refractivity contribution in [1.29, 1.82) is 0 Å². The van der Waals surface area contributed by atoms with Crippen LogP contribution in [0.25, 0.3) is 0 Å². The third-order valence-corrected chi connectivity index (χ3v) is 3.51. The molecule has 0 bridgehead atoms. The Morgan fingerprint density at radius 1 is 1.53 bits per heavy atom. The predicted molar refractivity (Wildman–Crippen MR) is 75.2 cm³/mol. The quantitative estimate of drug-likeness (QED) is 0.624.